The van der Waals surface area contributed by atoms with E-state index in [0.717, 1.165) is 11.1 Å². The number of rotatable bonds is 7. The number of allylic oxidation sites excluding steroid dienone is 1. The third-order valence-electron chi connectivity index (χ3n) is 4.06. The highest BCUT2D eigenvalue weighted by Crippen LogP contribution is 2.34. The maximum absolute atomic E-state index is 13.2. The second-order valence-electron chi connectivity index (χ2n) is 6.00. The van der Waals surface area contributed by atoms with E-state index in [0.29, 0.717) is 12.8 Å². The van der Waals surface area contributed by atoms with Crippen molar-refractivity contribution in [2.24, 2.45) is 0 Å². The summed E-state index contributed by atoms with van der Waals surface area (Å²) in [5, 5.41) is 10.8. The van der Waals surface area contributed by atoms with E-state index < -0.39 is 5.60 Å². The van der Waals surface area contributed by atoms with Crippen molar-refractivity contribution < 1.29 is 9.50 Å². The number of benzene rings is 2. The molecule has 0 heterocycles. The van der Waals surface area contributed by atoms with Crippen LogP contribution in [0.1, 0.15) is 36.8 Å². The molecule has 0 aliphatic rings. The lowest BCUT2D eigenvalue weighted by Crippen LogP contribution is -2.32. The molecule has 120 valence electrons. The Morgan fingerprint density at radius 1 is 1.13 bits per heavy atom. The highest BCUT2D eigenvalue weighted by atomic mass is 19.1. The number of halogens is 1. The van der Waals surface area contributed by atoms with Crippen molar-refractivity contribution in [3.63, 3.8) is 0 Å². The summed E-state index contributed by atoms with van der Waals surface area (Å²) in [6.07, 6.45) is 6.97. The van der Waals surface area contributed by atoms with E-state index >= 15 is 0 Å². The average molecular weight is 310 g/mol. The molecule has 0 aromatic heterocycles. The molecule has 0 fully saturated rings. The van der Waals surface area contributed by atoms with Crippen LogP contribution in [0.3, 0.4) is 0 Å². The van der Waals surface area contributed by atoms with Crippen molar-refractivity contribution in [3.05, 3.63) is 90.3 Å². The molecule has 0 spiro atoms. The van der Waals surface area contributed by atoms with Crippen LogP contribution in [0.25, 0.3) is 6.08 Å². The maximum Gasteiger partial charge on any atom is 0.123 e. The quantitative estimate of drug-likeness (QED) is 0.684. The number of hydrogen-bond donors (Lipinski definition) is 1. The number of hydrogen-bond acceptors (Lipinski definition) is 1. The van der Waals surface area contributed by atoms with Gasteiger partial charge in [0.1, 0.15) is 5.82 Å². The third-order valence-corrected chi connectivity index (χ3v) is 4.06. The molecule has 0 radical (unpaired) electrons. The lowest BCUT2D eigenvalue weighted by atomic mass is 9.79. The molecule has 2 atom stereocenters. The maximum atomic E-state index is 13.2. The zero-order chi connectivity index (χ0) is 16.7. The van der Waals surface area contributed by atoms with Gasteiger partial charge in [-0.15, -0.1) is 6.58 Å². The van der Waals surface area contributed by atoms with Crippen molar-refractivity contribution >= 4 is 6.08 Å². The third kappa shape index (κ3) is 4.90. The van der Waals surface area contributed by atoms with Gasteiger partial charge in [-0.05, 0) is 43.0 Å². The Kier molecular flexibility index (Phi) is 5.89. The first-order chi connectivity index (χ1) is 11.0. The first-order valence-corrected chi connectivity index (χ1v) is 7.83. The van der Waals surface area contributed by atoms with Gasteiger partial charge >= 0.3 is 0 Å². The van der Waals surface area contributed by atoms with E-state index in [1.165, 1.54) is 12.1 Å². The lowest BCUT2D eigenvalue weighted by molar-refractivity contribution is 0.0341. The van der Waals surface area contributed by atoms with Crippen molar-refractivity contribution in [2.45, 2.75) is 31.3 Å². The Morgan fingerprint density at radius 3 is 2.39 bits per heavy atom. The van der Waals surface area contributed by atoms with Gasteiger partial charge < -0.3 is 5.11 Å². The van der Waals surface area contributed by atoms with Crippen LogP contribution in [-0.4, -0.2) is 10.7 Å². The summed E-state index contributed by atoms with van der Waals surface area (Å²) in [7, 11) is 0. The molecule has 0 amide bonds. The van der Waals surface area contributed by atoms with Crippen LogP contribution >= 0.6 is 0 Å². The van der Waals surface area contributed by atoms with E-state index in [2.05, 4.69) is 12.7 Å². The van der Waals surface area contributed by atoms with Crippen LogP contribution in [0.4, 0.5) is 4.39 Å². The van der Waals surface area contributed by atoms with Crippen LogP contribution < -0.4 is 0 Å². The summed E-state index contributed by atoms with van der Waals surface area (Å²) in [6, 6.07) is 16.4. The highest BCUT2D eigenvalue weighted by molar-refractivity contribution is 5.49. The molecule has 23 heavy (non-hydrogen) atoms. The summed E-state index contributed by atoms with van der Waals surface area (Å²) < 4.78 is 13.2. The summed E-state index contributed by atoms with van der Waals surface area (Å²) in [5.74, 6) is -0.392. The second kappa shape index (κ2) is 7.89. The van der Waals surface area contributed by atoms with Crippen LogP contribution in [0.5, 0.6) is 0 Å². The molecule has 0 aliphatic heterocycles. The zero-order valence-electron chi connectivity index (χ0n) is 13.5. The van der Waals surface area contributed by atoms with E-state index in [4.69, 9.17) is 0 Å². The fourth-order valence-electron chi connectivity index (χ4n) is 2.78. The minimum atomic E-state index is -0.930. The van der Waals surface area contributed by atoms with Gasteiger partial charge in [0, 0.05) is 5.92 Å². The smallest absolute Gasteiger partial charge is 0.123 e. The Bertz CT molecular complexity index is 641. The molecule has 2 aromatic carbocycles. The van der Waals surface area contributed by atoms with Gasteiger partial charge in [-0.2, -0.15) is 0 Å². The van der Waals surface area contributed by atoms with Gasteiger partial charge in [0.05, 0.1) is 5.60 Å². The molecule has 1 nitrogen and oxygen atoms in total. The molecule has 1 N–H and O–H groups in total. The molecular formula is C21H23FO. The van der Waals surface area contributed by atoms with E-state index in [-0.39, 0.29) is 11.7 Å². The molecule has 2 aromatic rings. The standard InChI is InChI=1S/C21H23FO/c1-3-16-21(2,23)20(18-12-14-19(22)15-13-18)11-7-10-17-8-5-4-6-9-17/h3-10,12-15,20,23H,1,11,16H2,2H3/b10-7+/t20-,21-/m0/s1. The zero-order valence-corrected chi connectivity index (χ0v) is 13.5. The Morgan fingerprint density at radius 2 is 1.78 bits per heavy atom. The topological polar surface area (TPSA) is 20.2 Å². The molecule has 2 heteroatoms. The van der Waals surface area contributed by atoms with Crippen molar-refractivity contribution in [3.8, 4) is 0 Å². The van der Waals surface area contributed by atoms with Crippen molar-refractivity contribution in [1.29, 1.82) is 0 Å². The predicted molar refractivity (Wildman–Crippen MR) is 94.7 cm³/mol. The van der Waals surface area contributed by atoms with Crippen molar-refractivity contribution in [1.82, 2.24) is 0 Å². The molecule has 0 saturated heterocycles. The lowest BCUT2D eigenvalue weighted by Gasteiger charge is -2.32. The predicted octanol–water partition coefficient (Wildman–Crippen LogP) is 5.34. The van der Waals surface area contributed by atoms with Gasteiger partial charge in [0.15, 0.2) is 0 Å². The van der Waals surface area contributed by atoms with Gasteiger partial charge in [-0.3, -0.25) is 0 Å². The van der Waals surface area contributed by atoms with E-state index in [1.807, 2.05) is 36.4 Å². The fraction of sp³-hybridized carbons (Fsp3) is 0.238. The second-order valence-corrected chi connectivity index (χ2v) is 6.00. The first kappa shape index (κ1) is 17.2. The minimum absolute atomic E-state index is 0.124. The Labute approximate surface area is 137 Å². The number of aliphatic hydroxyl groups is 1. The van der Waals surface area contributed by atoms with E-state index in [1.54, 1.807) is 25.1 Å². The monoisotopic (exact) mass is 310 g/mol. The van der Waals surface area contributed by atoms with Gasteiger partial charge in [0.25, 0.3) is 0 Å². The van der Waals surface area contributed by atoms with Crippen LogP contribution in [0.15, 0.2) is 73.3 Å². The molecular weight excluding hydrogens is 287 g/mol. The molecule has 0 bridgehead atoms. The van der Waals surface area contributed by atoms with Gasteiger partial charge in [-0.25, -0.2) is 4.39 Å². The molecule has 0 saturated carbocycles. The minimum Gasteiger partial charge on any atom is -0.389 e. The average Bonchev–Trinajstić information content (AvgIpc) is 2.53. The molecule has 0 unspecified atom stereocenters. The van der Waals surface area contributed by atoms with E-state index in [9.17, 15) is 9.50 Å². The summed E-state index contributed by atoms with van der Waals surface area (Å²) in [6.45, 7) is 5.53. The summed E-state index contributed by atoms with van der Waals surface area (Å²) in [5.41, 5.74) is 1.12. The first-order valence-electron chi connectivity index (χ1n) is 7.83. The Hall–Kier alpha value is -2.19. The van der Waals surface area contributed by atoms with Crippen LogP contribution in [-0.2, 0) is 0 Å². The van der Waals surface area contributed by atoms with Crippen molar-refractivity contribution in [2.75, 3.05) is 0 Å². The van der Waals surface area contributed by atoms with Gasteiger partial charge in [0.2, 0.25) is 0 Å². The van der Waals surface area contributed by atoms with Gasteiger partial charge in [-0.1, -0.05) is 60.7 Å². The fourth-order valence-corrected chi connectivity index (χ4v) is 2.78. The van der Waals surface area contributed by atoms with Crippen LogP contribution in [0.2, 0.25) is 0 Å². The normalized spacial score (nSPS) is 15.3. The summed E-state index contributed by atoms with van der Waals surface area (Å²) in [4.78, 5) is 0. The molecule has 0 aliphatic carbocycles. The largest absolute Gasteiger partial charge is 0.389 e. The SMILES string of the molecule is C=CC[C@](C)(O)[C@@H](C/C=C/c1ccccc1)c1ccc(F)cc1. The highest BCUT2D eigenvalue weighted by Gasteiger charge is 2.31. The molecule has 2 rings (SSSR count). The Balaban J connectivity index is 2.21. The summed E-state index contributed by atoms with van der Waals surface area (Å²) >= 11 is 0. The van der Waals surface area contributed by atoms with Crippen LogP contribution in [0, 0.1) is 5.82 Å².